The minimum absolute atomic E-state index is 0.919. The topological polar surface area (TPSA) is 28.2 Å². The Morgan fingerprint density at radius 2 is 2.17 bits per heavy atom. The normalized spacial score (nSPS) is 11.3. The number of pyridine rings is 1. The van der Waals surface area contributed by atoms with Gasteiger partial charge in [0.25, 0.3) is 0 Å². The zero-order valence-electron chi connectivity index (χ0n) is 11.2. The number of fused-ring (bicyclic) bond motifs is 1. The molecule has 0 aliphatic rings. The van der Waals surface area contributed by atoms with Gasteiger partial charge in [0, 0.05) is 31.2 Å². The van der Waals surface area contributed by atoms with Gasteiger partial charge in [-0.1, -0.05) is 19.1 Å². The maximum atomic E-state index is 4.33. The summed E-state index contributed by atoms with van der Waals surface area (Å²) < 4.78 is 0. The van der Waals surface area contributed by atoms with E-state index >= 15 is 0 Å². The van der Waals surface area contributed by atoms with Crippen molar-refractivity contribution in [2.45, 2.75) is 13.5 Å². The monoisotopic (exact) mass is 243 g/mol. The maximum Gasteiger partial charge on any atom is 0.0702 e. The number of aromatic nitrogens is 1. The van der Waals surface area contributed by atoms with E-state index in [9.17, 15) is 0 Å². The van der Waals surface area contributed by atoms with Gasteiger partial charge in [0.15, 0.2) is 0 Å². The van der Waals surface area contributed by atoms with Gasteiger partial charge in [0.05, 0.1) is 5.52 Å². The summed E-state index contributed by atoms with van der Waals surface area (Å²) in [6.07, 6.45) is 1.83. The lowest BCUT2D eigenvalue weighted by Gasteiger charge is -2.14. The van der Waals surface area contributed by atoms with Gasteiger partial charge in [-0.3, -0.25) is 4.98 Å². The van der Waals surface area contributed by atoms with Crippen LogP contribution in [-0.4, -0.2) is 36.6 Å². The molecule has 0 atom stereocenters. The molecule has 18 heavy (non-hydrogen) atoms. The third-order valence-corrected chi connectivity index (χ3v) is 3.21. The van der Waals surface area contributed by atoms with E-state index in [4.69, 9.17) is 0 Å². The Morgan fingerprint density at radius 1 is 1.28 bits per heavy atom. The van der Waals surface area contributed by atoms with Crippen molar-refractivity contribution >= 4 is 10.9 Å². The van der Waals surface area contributed by atoms with Crippen molar-refractivity contribution < 1.29 is 0 Å². The van der Waals surface area contributed by atoms with E-state index in [0.717, 1.165) is 31.7 Å². The van der Waals surface area contributed by atoms with E-state index in [1.54, 1.807) is 0 Å². The summed E-state index contributed by atoms with van der Waals surface area (Å²) in [6.45, 7) is 6.31. The first kappa shape index (κ1) is 13.0. The van der Waals surface area contributed by atoms with Crippen molar-refractivity contribution in [3.05, 3.63) is 42.1 Å². The zero-order chi connectivity index (χ0) is 12.8. The molecule has 0 aliphatic heterocycles. The quantitative estimate of drug-likeness (QED) is 0.789. The first-order valence-electron chi connectivity index (χ1n) is 6.52. The Balaban J connectivity index is 1.88. The van der Waals surface area contributed by atoms with E-state index in [1.165, 1.54) is 10.9 Å². The largest absolute Gasteiger partial charge is 0.311 e. The third-order valence-electron chi connectivity index (χ3n) is 3.21. The van der Waals surface area contributed by atoms with Crippen molar-refractivity contribution in [2.24, 2.45) is 0 Å². The minimum Gasteiger partial charge on any atom is -0.311 e. The van der Waals surface area contributed by atoms with E-state index in [2.05, 4.69) is 53.4 Å². The molecule has 1 aromatic carbocycles. The van der Waals surface area contributed by atoms with Crippen molar-refractivity contribution in [3.8, 4) is 0 Å². The van der Waals surface area contributed by atoms with E-state index < -0.39 is 0 Å². The van der Waals surface area contributed by atoms with Crippen LogP contribution in [0.2, 0.25) is 0 Å². The Morgan fingerprint density at radius 3 is 3.00 bits per heavy atom. The molecule has 0 spiro atoms. The summed E-state index contributed by atoms with van der Waals surface area (Å²) in [6, 6.07) is 10.5. The van der Waals surface area contributed by atoms with Crippen LogP contribution in [-0.2, 0) is 6.54 Å². The molecule has 0 unspecified atom stereocenters. The molecule has 3 nitrogen and oxygen atoms in total. The average Bonchev–Trinajstić information content (AvgIpc) is 2.43. The molecule has 2 aromatic rings. The number of benzene rings is 1. The van der Waals surface area contributed by atoms with Crippen LogP contribution >= 0.6 is 0 Å². The van der Waals surface area contributed by atoms with Gasteiger partial charge in [-0.15, -0.1) is 0 Å². The number of hydrogen-bond donors (Lipinski definition) is 1. The highest BCUT2D eigenvalue weighted by Gasteiger charge is 1.97. The number of nitrogens with zero attached hydrogens (tertiary/aromatic N) is 2. The van der Waals surface area contributed by atoms with Gasteiger partial charge < -0.3 is 10.2 Å². The lowest BCUT2D eigenvalue weighted by atomic mass is 10.1. The smallest absolute Gasteiger partial charge is 0.0702 e. The second kappa shape index (κ2) is 6.47. The average molecular weight is 243 g/mol. The summed E-state index contributed by atoms with van der Waals surface area (Å²) in [4.78, 5) is 6.63. The molecule has 1 aromatic heterocycles. The predicted octanol–water partition coefficient (Wildman–Crippen LogP) is 2.28. The molecular weight excluding hydrogens is 222 g/mol. The molecule has 3 heteroatoms. The summed E-state index contributed by atoms with van der Waals surface area (Å²) >= 11 is 0. The fourth-order valence-corrected chi connectivity index (χ4v) is 1.90. The molecule has 2 rings (SSSR count). The van der Waals surface area contributed by atoms with E-state index in [0.29, 0.717) is 0 Å². The molecule has 0 amide bonds. The molecule has 1 heterocycles. The molecule has 0 saturated heterocycles. The molecule has 1 N–H and O–H groups in total. The van der Waals surface area contributed by atoms with Gasteiger partial charge >= 0.3 is 0 Å². The first-order chi connectivity index (χ1) is 8.79. The Labute approximate surface area is 109 Å². The highest BCUT2D eigenvalue weighted by Crippen LogP contribution is 2.12. The SMILES string of the molecule is CCN(C)CCNCc1ccc2ncccc2c1. The number of nitrogens with one attached hydrogen (secondary N) is 1. The van der Waals surface area contributed by atoms with Crippen molar-refractivity contribution in [1.29, 1.82) is 0 Å². The minimum atomic E-state index is 0.919. The number of rotatable bonds is 6. The van der Waals surface area contributed by atoms with Crippen LogP contribution in [0, 0.1) is 0 Å². The molecule has 0 radical (unpaired) electrons. The summed E-state index contributed by atoms with van der Waals surface area (Å²) in [5.41, 5.74) is 2.38. The van der Waals surface area contributed by atoms with Crippen LogP contribution in [0.25, 0.3) is 10.9 Å². The molecular formula is C15H21N3. The molecule has 0 saturated carbocycles. The lowest BCUT2D eigenvalue weighted by Crippen LogP contribution is -2.28. The molecule has 0 fully saturated rings. The van der Waals surface area contributed by atoms with Gasteiger partial charge in [0.1, 0.15) is 0 Å². The zero-order valence-corrected chi connectivity index (χ0v) is 11.2. The molecule has 0 aliphatic carbocycles. The second-order valence-electron chi connectivity index (χ2n) is 4.60. The Bertz CT molecular complexity index is 496. The summed E-state index contributed by atoms with van der Waals surface area (Å²) in [5, 5.41) is 4.68. The number of likely N-dealkylation sites (N-methyl/N-ethyl adjacent to an activating group) is 1. The van der Waals surface area contributed by atoms with Crippen LogP contribution in [0.5, 0.6) is 0 Å². The predicted molar refractivity (Wildman–Crippen MR) is 76.6 cm³/mol. The van der Waals surface area contributed by atoms with Gasteiger partial charge in [0.2, 0.25) is 0 Å². The maximum absolute atomic E-state index is 4.33. The highest BCUT2D eigenvalue weighted by molar-refractivity contribution is 5.78. The summed E-state index contributed by atoms with van der Waals surface area (Å²) in [7, 11) is 2.14. The van der Waals surface area contributed by atoms with Crippen LogP contribution in [0.15, 0.2) is 36.5 Å². The number of hydrogen-bond acceptors (Lipinski definition) is 3. The summed E-state index contributed by atoms with van der Waals surface area (Å²) in [5.74, 6) is 0. The van der Waals surface area contributed by atoms with Crippen molar-refractivity contribution in [1.82, 2.24) is 15.2 Å². The third kappa shape index (κ3) is 3.52. The Kier molecular flexibility index (Phi) is 4.67. The van der Waals surface area contributed by atoms with Crippen molar-refractivity contribution in [2.75, 3.05) is 26.7 Å². The first-order valence-corrected chi connectivity index (χ1v) is 6.52. The van der Waals surface area contributed by atoms with Crippen molar-refractivity contribution in [3.63, 3.8) is 0 Å². The fraction of sp³-hybridized carbons (Fsp3) is 0.400. The fourth-order valence-electron chi connectivity index (χ4n) is 1.90. The highest BCUT2D eigenvalue weighted by atomic mass is 15.1. The van der Waals surface area contributed by atoms with Crippen LogP contribution in [0.1, 0.15) is 12.5 Å². The van der Waals surface area contributed by atoms with Crippen LogP contribution in [0.3, 0.4) is 0 Å². The van der Waals surface area contributed by atoms with E-state index in [-0.39, 0.29) is 0 Å². The van der Waals surface area contributed by atoms with Gasteiger partial charge in [-0.05, 0) is 37.4 Å². The standard InChI is InChI=1S/C15H21N3/c1-3-18(2)10-9-16-12-13-6-7-15-14(11-13)5-4-8-17-15/h4-8,11,16H,3,9-10,12H2,1-2H3. The Hall–Kier alpha value is -1.45. The molecule has 96 valence electrons. The lowest BCUT2D eigenvalue weighted by molar-refractivity contribution is 0.349. The molecule has 0 bridgehead atoms. The van der Waals surface area contributed by atoms with Crippen LogP contribution < -0.4 is 5.32 Å². The van der Waals surface area contributed by atoms with Gasteiger partial charge in [-0.25, -0.2) is 0 Å². The second-order valence-corrected chi connectivity index (χ2v) is 4.60. The van der Waals surface area contributed by atoms with Gasteiger partial charge in [-0.2, -0.15) is 0 Å². The van der Waals surface area contributed by atoms with Crippen LogP contribution in [0.4, 0.5) is 0 Å². The van der Waals surface area contributed by atoms with E-state index in [1.807, 2.05) is 12.3 Å².